The lowest BCUT2D eigenvalue weighted by Crippen LogP contribution is -2.34. The van der Waals surface area contributed by atoms with Gasteiger partial charge < -0.3 is 10.5 Å². The lowest BCUT2D eigenvalue weighted by Gasteiger charge is -2.10. The maximum atomic E-state index is 13.2. The largest absolute Gasteiger partial charge is 0.465 e. The maximum Gasteiger partial charge on any atom is 0.323 e. The highest BCUT2D eigenvalue weighted by atomic mass is 19.1. The van der Waals surface area contributed by atoms with Crippen molar-refractivity contribution in [2.45, 2.75) is 19.4 Å². The van der Waals surface area contributed by atoms with Crippen LogP contribution in [0.5, 0.6) is 0 Å². The highest BCUT2D eigenvalue weighted by molar-refractivity contribution is 5.76. The van der Waals surface area contributed by atoms with Crippen molar-refractivity contribution in [3.05, 3.63) is 72.2 Å². The van der Waals surface area contributed by atoms with Crippen molar-refractivity contribution in [2.24, 2.45) is 5.73 Å². The van der Waals surface area contributed by atoms with Crippen molar-refractivity contribution in [3.8, 4) is 16.9 Å². The molecule has 134 valence electrons. The number of hydrogen-bond donors (Lipinski definition) is 1. The van der Waals surface area contributed by atoms with Crippen LogP contribution in [0.1, 0.15) is 12.5 Å². The van der Waals surface area contributed by atoms with E-state index in [0.717, 1.165) is 22.5 Å². The molecule has 0 radical (unpaired) electrons. The van der Waals surface area contributed by atoms with E-state index in [1.807, 2.05) is 36.5 Å². The van der Waals surface area contributed by atoms with Gasteiger partial charge in [0.05, 0.1) is 18.0 Å². The number of nitrogens with zero attached hydrogens (tertiary/aromatic N) is 2. The van der Waals surface area contributed by atoms with Crippen molar-refractivity contribution >= 4 is 5.97 Å². The summed E-state index contributed by atoms with van der Waals surface area (Å²) in [6.07, 6.45) is 2.11. The minimum absolute atomic E-state index is 0.285. The number of carbonyl (C=O) groups is 1. The fourth-order valence-electron chi connectivity index (χ4n) is 2.69. The Hall–Kier alpha value is -2.99. The molecule has 0 spiro atoms. The molecule has 5 nitrogen and oxygen atoms in total. The van der Waals surface area contributed by atoms with Crippen molar-refractivity contribution in [1.82, 2.24) is 9.78 Å². The number of hydrogen-bond acceptors (Lipinski definition) is 4. The van der Waals surface area contributed by atoms with Crippen LogP contribution in [0.4, 0.5) is 4.39 Å². The molecule has 0 bridgehead atoms. The van der Waals surface area contributed by atoms with Gasteiger partial charge in [0.2, 0.25) is 0 Å². The van der Waals surface area contributed by atoms with Crippen molar-refractivity contribution in [1.29, 1.82) is 0 Å². The zero-order valence-corrected chi connectivity index (χ0v) is 14.4. The van der Waals surface area contributed by atoms with Crippen LogP contribution in [0.25, 0.3) is 16.9 Å². The Morgan fingerprint density at radius 3 is 2.54 bits per heavy atom. The number of nitrogens with two attached hydrogens (primary N) is 1. The van der Waals surface area contributed by atoms with E-state index in [2.05, 4.69) is 5.10 Å². The first kappa shape index (κ1) is 17.8. The summed E-state index contributed by atoms with van der Waals surface area (Å²) in [4.78, 5) is 11.9. The van der Waals surface area contributed by atoms with Crippen molar-refractivity contribution in [3.63, 3.8) is 0 Å². The van der Waals surface area contributed by atoms with E-state index in [0.29, 0.717) is 6.42 Å². The monoisotopic (exact) mass is 353 g/mol. The van der Waals surface area contributed by atoms with Gasteiger partial charge in [0.15, 0.2) is 0 Å². The molecule has 0 saturated carbocycles. The number of carbonyl (C=O) groups excluding carboxylic acids is 1. The van der Waals surface area contributed by atoms with Crippen LogP contribution >= 0.6 is 0 Å². The number of rotatable bonds is 6. The number of halogens is 1. The van der Waals surface area contributed by atoms with E-state index in [1.165, 1.54) is 12.1 Å². The SMILES string of the molecule is CCOC(=O)C(N)Cc1cn(-c2ccc(F)cc2)nc1-c1ccccc1. The minimum Gasteiger partial charge on any atom is -0.465 e. The van der Waals surface area contributed by atoms with Gasteiger partial charge in [0.1, 0.15) is 11.9 Å². The third-order valence-corrected chi connectivity index (χ3v) is 3.96. The molecule has 3 aromatic rings. The van der Waals surface area contributed by atoms with Gasteiger partial charge in [0.25, 0.3) is 0 Å². The van der Waals surface area contributed by atoms with Gasteiger partial charge in [-0.05, 0) is 31.2 Å². The smallest absolute Gasteiger partial charge is 0.323 e. The highest BCUT2D eigenvalue weighted by Crippen LogP contribution is 2.24. The Kier molecular flexibility index (Phi) is 5.43. The first-order valence-corrected chi connectivity index (χ1v) is 8.40. The summed E-state index contributed by atoms with van der Waals surface area (Å²) in [5.41, 5.74) is 9.18. The van der Waals surface area contributed by atoms with Gasteiger partial charge in [-0.2, -0.15) is 5.10 Å². The van der Waals surface area contributed by atoms with Crippen molar-refractivity contribution < 1.29 is 13.9 Å². The molecule has 26 heavy (non-hydrogen) atoms. The topological polar surface area (TPSA) is 70.1 Å². The second-order valence-electron chi connectivity index (χ2n) is 5.85. The Balaban J connectivity index is 1.98. The second kappa shape index (κ2) is 7.93. The molecule has 2 aromatic carbocycles. The number of esters is 1. The third-order valence-electron chi connectivity index (χ3n) is 3.96. The van der Waals surface area contributed by atoms with Crippen LogP contribution in [0.2, 0.25) is 0 Å². The molecule has 0 aliphatic rings. The summed E-state index contributed by atoms with van der Waals surface area (Å²) in [6.45, 7) is 2.03. The van der Waals surface area contributed by atoms with E-state index in [9.17, 15) is 9.18 Å². The van der Waals surface area contributed by atoms with Crippen LogP contribution in [-0.2, 0) is 16.0 Å². The highest BCUT2D eigenvalue weighted by Gasteiger charge is 2.20. The van der Waals surface area contributed by atoms with Crippen LogP contribution in [0.3, 0.4) is 0 Å². The van der Waals surface area contributed by atoms with Crippen LogP contribution in [0, 0.1) is 5.82 Å². The normalized spacial score (nSPS) is 12.0. The molecule has 1 unspecified atom stereocenters. The molecular formula is C20H20FN3O2. The Morgan fingerprint density at radius 1 is 1.19 bits per heavy atom. The minimum atomic E-state index is -0.775. The first-order chi connectivity index (χ1) is 12.6. The zero-order valence-electron chi connectivity index (χ0n) is 14.4. The quantitative estimate of drug-likeness (QED) is 0.691. The van der Waals surface area contributed by atoms with E-state index >= 15 is 0 Å². The standard InChI is InChI=1S/C20H20FN3O2/c1-2-26-20(25)18(22)12-15-13-24(17-10-8-16(21)9-11-17)23-19(15)14-6-4-3-5-7-14/h3-11,13,18H,2,12,22H2,1H3. The number of aromatic nitrogens is 2. The Labute approximate surface area is 151 Å². The Morgan fingerprint density at radius 2 is 1.88 bits per heavy atom. The fraction of sp³-hybridized carbons (Fsp3) is 0.200. The predicted octanol–water partition coefficient (Wildman–Crippen LogP) is 3.11. The summed E-state index contributed by atoms with van der Waals surface area (Å²) in [5, 5.41) is 4.63. The van der Waals surface area contributed by atoms with Gasteiger partial charge in [-0.25, -0.2) is 9.07 Å². The van der Waals surface area contributed by atoms with Gasteiger partial charge in [0, 0.05) is 23.7 Å². The average molecular weight is 353 g/mol. The molecule has 0 aliphatic carbocycles. The van der Waals surface area contributed by atoms with Gasteiger partial charge in [-0.1, -0.05) is 30.3 Å². The molecule has 0 amide bonds. The zero-order chi connectivity index (χ0) is 18.5. The third kappa shape index (κ3) is 3.97. The lowest BCUT2D eigenvalue weighted by molar-refractivity contribution is -0.144. The van der Waals surface area contributed by atoms with Crippen molar-refractivity contribution in [2.75, 3.05) is 6.61 Å². The number of benzene rings is 2. The summed E-state index contributed by atoms with van der Waals surface area (Å²) >= 11 is 0. The van der Waals surface area contributed by atoms with E-state index < -0.39 is 12.0 Å². The van der Waals surface area contributed by atoms with E-state index in [-0.39, 0.29) is 12.4 Å². The molecule has 1 atom stereocenters. The van der Waals surface area contributed by atoms with Crippen LogP contribution in [0.15, 0.2) is 60.8 Å². The van der Waals surface area contributed by atoms with Gasteiger partial charge in [-0.3, -0.25) is 4.79 Å². The van der Waals surface area contributed by atoms with Crippen LogP contribution in [-0.4, -0.2) is 28.4 Å². The van der Waals surface area contributed by atoms with Crippen LogP contribution < -0.4 is 5.73 Å². The summed E-state index contributed by atoms with van der Waals surface area (Å²) < 4.78 is 19.8. The van der Waals surface area contributed by atoms with E-state index in [4.69, 9.17) is 10.5 Å². The number of ether oxygens (including phenoxy) is 1. The van der Waals surface area contributed by atoms with Gasteiger partial charge in [-0.15, -0.1) is 0 Å². The average Bonchev–Trinajstić information content (AvgIpc) is 3.07. The van der Waals surface area contributed by atoms with Gasteiger partial charge >= 0.3 is 5.97 Å². The fourth-order valence-corrected chi connectivity index (χ4v) is 2.69. The summed E-state index contributed by atoms with van der Waals surface area (Å²) in [5.74, 6) is -0.755. The molecule has 1 aromatic heterocycles. The molecule has 2 N–H and O–H groups in total. The molecule has 6 heteroatoms. The predicted molar refractivity (Wildman–Crippen MR) is 97.3 cm³/mol. The molecule has 1 heterocycles. The summed E-state index contributed by atoms with van der Waals surface area (Å²) in [7, 11) is 0. The first-order valence-electron chi connectivity index (χ1n) is 8.40. The molecule has 0 saturated heterocycles. The molecule has 3 rings (SSSR count). The molecular weight excluding hydrogens is 333 g/mol. The summed E-state index contributed by atoms with van der Waals surface area (Å²) in [6, 6.07) is 14.9. The Bertz CT molecular complexity index is 876. The second-order valence-corrected chi connectivity index (χ2v) is 5.85. The molecule has 0 aliphatic heterocycles. The lowest BCUT2D eigenvalue weighted by atomic mass is 10.0. The maximum absolute atomic E-state index is 13.2. The van der Waals surface area contributed by atoms with E-state index in [1.54, 1.807) is 23.7 Å². The molecule has 0 fully saturated rings.